The Bertz CT molecular complexity index is 439. The van der Waals surface area contributed by atoms with Crippen LogP contribution in [0.3, 0.4) is 0 Å². The Morgan fingerprint density at radius 1 is 1.56 bits per heavy atom. The van der Waals surface area contributed by atoms with Crippen molar-refractivity contribution in [3.8, 4) is 0 Å². The first-order valence-corrected chi connectivity index (χ1v) is 5.93. The lowest BCUT2D eigenvalue weighted by Gasteiger charge is -2.23. The summed E-state index contributed by atoms with van der Waals surface area (Å²) in [6.07, 6.45) is 2.69. The van der Waals surface area contributed by atoms with Crippen LogP contribution in [0.4, 0.5) is 5.82 Å². The quantitative estimate of drug-likeness (QED) is 0.614. The fourth-order valence-corrected chi connectivity index (χ4v) is 1.67. The highest BCUT2D eigenvalue weighted by molar-refractivity contribution is 6.32. The van der Waals surface area contributed by atoms with Gasteiger partial charge in [-0.3, -0.25) is 9.59 Å². The molecule has 0 bridgehead atoms. The van der Waals surface area contributed by atoms with E-state index in [0.29, 0.717) is 18.6 Å². The summed E-state index contributed by atoms with van der Waals surface area (Å²) in [7, 11) is 1.56. The molecule has 1 heterocycles. The van der Waals surface area contributed by atoms with Crippen LogP contribution in [0.25, 0.3) is 0 Å². The molecule has 0 aliphatic heterocycles. The number of carbonyl (C=O) groups excluding carboxylic acids is 2. The van der Waals surface area contributed by atoms with Crippen molar-refractivity contribution < 1.29 is 9.59 Å². The van der Waals surface area contributed by atoms with Crippen molar-refractivity contribution >= 4 is 29.6 Å². The molecular weight excluding hydrogens is 256 g/mol. The van der Waals surface area contributed by atoms with Gasteiger partial charge in [-0.1, -0.05) is 18.5 Å². The minimum atomic E-state index is -0.157. The first-order valence-electron chi connectivity index (χ1n) is 5.55. The van der Waals surface area contributed by atoms with Crippen LogP contribution in [0.5, 0.6) is 0 Å². The van der Waals surface area contributed by atoms with Gasteiger partial charge in [-0.2, -0.15) is 0 Å². The summed E-state index contributed by atoms with van der Waals surface area (Å²) < 4.78 is 0. The first kappa shape index (κ1) is 14.4. The topological polar surface area (TPSA) is 75.2 Å². The van der Waals surface area contributed by atoms with E-state index in [4.69, 9.17) is 11.6 Å². The van der Waals surface area contributed by atoms with Crippen LogP contribution in [0.2, 0.25) is 5.15 Å². The number of nitrogens with one attached hydrogen (secondary N) is 1. The average Bonchev–Trinajstić information content (AvgIpc) is 2.37. The Morgan fingerprint density at radius 2 is 2.28 bits per heavy atom. The molecule has 0 fully saturated rings. The zero-order chi connectivity index (χ0) is 13.5. The summed E-state index contributed by atoms with van der Waals surface area (Å²) in [5.74, 6) is 0.227. The standard InChI is InChI=1S/C11H15ClN4O2/c1-3-4-16(5-9(18)13-2)11-8(6-17)10(12)14-7-15-11/h6-7H,3-5H2,1-2H3,(H,13,18). The zero-order valence-electron chi connectivity index (χ0n) is 10.3. The molecule has 0 aliphatic carbocycles. The molecule has 6 nitrogen and oxygen atoms in total. The molecule has 0 saturated heterocycles. The van der Waals surface area contributed by atoms with Gasteiger partial charge in [0.05, 0.1) is 12.1 Å². The third-order valence-corrected chi connectivity index (χ3v) is 2.64. The predicted octanol–water partition coefficient (Wildman–Crippen LogP) is 0.905. The molecule has 1 amide bonds. The molecule has 0 saturated carbocycles. The largest absolute Gasteiger partial charge is 0.358 e. The van der Waals surface area contributed by atoms with E-state index in [1.807, 2.05) is 6.92 Å². The molecule has 1 aromatic heterocycles. The van der Waals surface area contributed by atoms with Gasteiger partial charge >= 0.3 is 0 Å². The van der Waals surface area contributed by atoms with Gasteiger partial charge in [0, 0.05) is 13.6 Å². The molecule has 0 unspecified atom stereocenters. The van der Waals surface area contributed by atoms with Crippen LogP contribution in [-0.4, -0.2) is 42.3 Å². The summed E-state index contributed by atoms with van der Waals surface area (Å²) in [6.45, 7) is 2.69. The maximum absolute atomic E-state index is 11.4. The lowest BCUT2D eigenvalue weighted by Crippen LogP contribution is -2.37. The third kappa shape index (κ3) is 3.40. The number of carbonyl (C=O) groups is 2. The van der Waals surface area contributed by atoms with Crippen molar-refractivity contribution in [3.63, 3.8) is 0 Å². The second-order valence-corrected chi connectivity index (χ2v) is 3.97. The van der Waals surface area contributed by atoms with Gasteiger partial charge < -0.3 is 10.2 Å². The minimum absolute atomic E-state index is 0.0907. The van der Waals surface area contributed by atoms with E-state index in [0.717, 1.165) is 6.42 Å². The van der Waals surface area contributed by atoms with E-state index in [2.05, 4.69) is 15.3 Å². The van der Waals surface area contributed by atoms with Crippen LogP contribution < -0.4 is 10.2 Å². The van der Waals surface area contributed by atoms with Crippen LogP contribution in [0.1, 0.15) is 23.7 Å². The average molecular weight is 271 g/mol. The normalized spacial score (nSPS) is 9.94. The van der Waals surface area contributed by atoms with Crippen molar-refractivity contribution in [2.45, 2.75) is 13.3 Å². The van der Waals surface area contributed by atoms with E-state index >= 15 is 0 Å². The van der Waals surface area contributed by atoms with Gasteiger partial charge in [-0.25, -0.2) is 9.97 Å². The number of hydrogen-bond acceptors (Lipinski definition) is 5. The molecule has 0 atom stereocenters. The number of likely N-dealkylation sites (N-methyl/N-ethyl adjacent to an activating group) is 1. The Kier molecular flexibility index (Phi) is 5.51. The SMILES string of the molecule is CCCN(CC(=O)NC)c1ncnc(Cl)c1C=O. The van der Waals surface area contributed by atoms with Gasteiger partial charge in [0.15, 0.2) is 6.29 Å². The van der Waals surface area contributed by atoms with Crippen LogP contribution >= 0.6 is 11.6 Å². The van der Waals surface area contributed by atoms with Crippen LogP contribution in [0.15, 0.2) is 6.33 Å². The Morgan fingerprint density at radius 3 is 2.83 bits per heavy atom. The number of hydrogen-bond donors (Lipinski definition) is 1. The highest BCUT2D eigenvalue weighted by Gasteiger charge is 2.17. The number of amides is 1. The molecule has 98 valence electrons. The van der Waals surface area contributed by atoms with Crippen LogP contribution in [0, 0.1) is 0 Å². The third-order valence-electron chi connectivity index (χ3n) is 2.34. The van der Waals surface area contributed by atoms with Crippen molar-refractivity contribution in [3.05, 3.63) is 17.0 Å². The number of aldehydes is 1. The van der Waals surface area contributed by atoms with Gasteiger partial charge in [0.1, 0.15) is 17.3 Å². The summed E-state index contributed by atoms with van der Waals surface area (Å²) >= 11 is 5.83. The van der Waals surface area contributed by atoms with E-state index in [1.54, 1.807) is 11.9 Å². The highest BCUT2D eigenvalue weighted by Crippen LogP contribution is 2.21. The second-order valence-electron chi connectivity index (χ2n) is 3.61. The zero-order valence-corrected chi connectivity index (χ0v) is 11.1. The number of anilines is 1. The summed E-state index contributed by atoms with van der Waals surface area (Å²) in [4.78, 5) is 31.9. The van der Waals surface area contributed by atoms with Gasteiger partial charge in [0.25, 0.3) is 0 Å². The smallest absolute Gasteiger partial charge is 0.239 e. The van der Waals surface area contributed by atoms with E-state index < -0.39 is 0 Å². The van der Waals surface area contributed by atoms with Gasteiger partial charge in [-0.15, -0.1) is 0 Å². The van der Waals surface area contributed by atoms with Crippen molar-refractivity contribution in [1.82, 2.24) is 15.3 Å². The van der Waals surface area contributed by atoms with E-state index in [1.165, 1.54) is 6.33 Å². The maximum atomic E-state index is 11.4. The molecule has 18 heavy (non-hydrogen) atoms. The van der Waals surface area contributed by atoms with Gasteiger partial charge in [-0.05, 0) is 6.42 Å². The predicted molar refractivity (Wildman–Crippen MR) is 69.0 cm³/mol. The lowest BCUT2D eigenvalue weighted by atomic mass is 10.3. The molecule has 0 aromatic carbocycles. The molecule has 0 spiro atoms. The Hall–Kier alpha value is -1.69. The molecule has 1 aromatic rings. The highest BCUT2D eigenvalue weighted by atomic mass is 35.5. The first-order chi connectivity index (χ1) is 8.63. The minimum Gasteiger partial charge on any atom is -0.358 e. The van der Waals surface area contributed by atoms with E-state index in [9.17, 15) is 9.59 Å². The molecule has 1 N–H and O–H groups in total. The maximum Gasteiger partial charge on any atom is 0.239 e. The fourth-order valence-electron chi connectivity index (χ4n) is 1.50. The Labute approximate surface area is 110 Å². The molecule has 0 radical (unpaired) electrons. The van der Waals surface area contributed by atoms with Crippen molar-refractivity contribution in [2.75, 3.05) is 25.0 Å². The molecular formula is C11H15ClN4O2. The summed E-state index contributed by atoms with van der Waals surface area (Å²) in [5.41, 5.74) is 0.205. The number of nitrogens with zero attached hydrogens (tertiary/aromatic N) is 3. The second kappa shape index (κ2) is 6.90. The van der Waals surface area contributed by atoms with E-state index in [-0.39, 0.29) is 23.2 Å². The lowest BCUT2D eigenvalue weighted by molar-refractivity contribution is -0.119. The summed E-state index contributed by atoms with van der Waals surface area (Å²) in [5, 5.41) is 2.62. The molecule has 0 aliphatic rings. The molecule has 1 rings (SSSR count). The van der Waals surface area contributed by atoms with Crippen molar-refractivity contribution in [2.24, 2.45) is 0 Å². The number of halogens is 1. The molecule has 7 heteroatoms. The fraction of sp³-hybridized carbons (Fsp3) is 0.455. The van der Waals surface area contributed by atoms with Crippen molar-refractivity contribution in [1.29, 1.82) is 0 Å². The number of rotatable bonds is 6. The monoisotopic (exact) mass is 270 g/mol. The van der Waals surface area contributed by atoms with Gasteiger partial charge in [0.2, 0.25) is 5.91 Å². The summed E-state index contributed by atoms with van der Waals surface area (Å²) in [6, 6.07) is 0. The Balaban J connectivity index is 3.08. The van der Waals surface area contributed by atoms with Crippen LogP contribution in [-0.2, 0) is 4.79 Å². The number of aromatic nitrogens is 2.